The summed E-state index contributed by atoms with van der Waals surface area (Å²) in [6, 6.07) is -1.32. The van der Waals surface area contributed by atoms with Crippen LogP contribution in [-0.2, 0) is 4.79 Å². The second-order valence-electron chi connectivity index (χ2n) is 2.09. The Hall–Kier alpha value is -1.51. The Labute approximate surface area is 77.0 Å². The van der Waals surface area contributed by atoms with Gasteiger partial charge >= 0.3 is 0 Å². The van der Waals surface area contributed by atoms with Gasteiger partial charge in [-0.1, -0.05) is 6.04 Å². The van der Waals surface area contributed by atoms with E-state index < -0.39 is 5.91 Å². The molecule has 0 aliphatic rings. The number of amides is 1. The summed E-state index contributed by atoms with van der Waals surface area (Å²) in [5.74, 6) is -0.564. The number of rotatable bonds is 2. The molecule has 1 aromatic rings. The molecule has 0 saturated heterocycles. The van der Waals surface area contributed by atoms with E-state index in [9.17, 15) is 4.79 Å². The van der Waals surface area contributed by atoms with Crippen LogP contribution >= 0.6 is 0 Å². The van der Waals surface area contributed by atoms with Gasteiger partial charge in [-0.3, -0.25) is 4.79 Å². The second-order valence-corrected chi connectivity index (χ2v) is 2.09. The van der Waals surface area contributed by atoms with Gasteiger partial charge in [0.15, 0.2) is 0 Å². The van der Waals surface area contributed by atoms with E-state index in [0.717, 1.165) is 0 Å². The maximum absolute atomic E-state index is 10.9. The van der Waals surface area contributed by atoms with Gasteiger partial charge in [-0.05, 0) is 12.1 Å². The highest BCUT2D eigenvalue weighted by Gasteiger charge is 1.95. The molecule has 3 nitrogen and oxygen atoms in total. The van der Waals surface area contributed by atoms with E-state index in [-0.39, 0.29) is 35.6 Å². The minimum atomic E-state index is -0.443. The summed E-state index contributed by atoms with van der Waals surface area (Å²) < 4.78 is 35.0. The average Bonchev–Trinajstić information content (AvgIpc) is 2.22. The molecule has 1 N–H and O–H groups in total. The van der Waals surface area contributed by atoms with Gasteiger partial charge in [0.25, 0.3) is 0 Å². The van der Waals surface area contributed by atoms with Crippen molar-refractivity contribution >= 4 is 11.6 Å². The van der Waals surface area contributed by atoms with Crippen LogP contribution in [0.3, 0.4) is 0 Å². The van der Waals surface area contributed by atoms with Crippen molar-refractivity contribution in [2.75, 3.05) is 12.4 Å². The van der Waals surface area contributed by atoms with Crippen LogP contribution in [-0.4, -0.2) is 13.0 Å². The van der Waals surface area contributed by atoms with Gasteiger partial charge in [-0.2, -0.15) is 0 Å². The lowest BCUT2D eigenvalue weighted by Gasteiger charge is -2.03. The van der Waals surface area contributed by atoms with Crippen molar-refractivity contribution in [2.24, 2.45) is 0 Å². The van der Waals surface area contributed by atoms with Gasteiger partial charge in [-0.25, -0.2) is 0 Å². The van der Waals surface area contributed by atoms with Crippen molar-refractivity contribution in [3.8, 4) is 5.75 Å². The van der Waals surface area contributed by atoms with Gasteiger partial charge in [-0.15, -0.1) is 0 Å². The lowest BCUT2D eigenvalue weighted by atomic mass is 10.3. The Bertz CT molecular complexity index is 448. The Morgan fingerprint density at radius 2 is 2.42 bits per heavy atom. The number of carbonyl (C=O) groups excluding carboxylic acids is 1. The zero-order valence-corrected chi connectivity index (χ0v) is 6.82. The molecule has 12 heavy (non-hydrogen) atoms. The molecule has 0 heterocycles. The molecule has 0 fully saturated rings. The molecular formula is C9H11NO2. The topological polar surface area (TPSA) is 38.3 Å². The van der Waals surface area contributed by atoms with Gasteiger partial charge in [0.1, 0.15) is 5.75 Å². The number of ether oxygens (including phenoxy) is 1. The Morgan fingerprint density at radius 1 is 1.67 bits per heavy atom. The molecule has 0 aromatic heterocycles. The molecule has 0 unspecified atom stereocenters. The summed E-state index contributed by atoms with van der Waals surface area (Å²) in [6.45, 7) is 1.24. The van der Waals surface area contributed by atoms with E-state index in [1.54, 1.807) is 0 Å². The molecule has 1 rings (SSSR count). The average molecular weight is 169 g/mol. The minimum Gasteiger partial charge on any atom is -0.497 e. The highest BCUT2D eigenvalue weighted by atomic mass is 16.5. The number of benzene rings is 1. The fourth-order valence-corrected chi connectivity index (χ4v) is 0.667. The molecule has 0 spiro atoms. The van der Waals surface area contributed by atoms with Crippen molar-refractivity contribution in [1.82, 2.24) is 0 Å². The van der Waals surface area contributed by atoms with E-state index >= 15 is 0 Å². The van der Waals surface area contributed by atoms with Gasteiger partial charge < -0.3 is 10.1 Å². The monoisotopic (exact) mass is 169 g/mol. The number of anilines is 1. The summed E-state index contributed by atoms with van der Waals surface area (Å²) in [6.07, 6.45) is 0. The zero-order chi connectivity index (χ0) is 12.5. The third-order valence-electron chi connectivity index (χ3n) is 1.11. The van der Waals surface area contributed by atoms with Crippen LogP contribution in [0, 0.1) is 0 Å². The maximum Gasteiger partial charge on any atom is 0.221 e. The van der Waals surface area contributed by atoms with Crippen molar-refractivity contribution < 1.29 is 15.0 Å². The molecule has 3 heteroatoms. The van der Waals surface area contributed by atoms with Gasteiger partial charge in [0.05, 0.1) is 12.6 Å². The first kappa shape index (κ1) is 4.50. The molecule has 0 saturated carbocycles. The Kier molecular flexibility index (Phi) is 1.41. The van der Waals surface area contributed by atoms with E-state index in [2.05, 4.69) is 5.32 Å². The van der Waals surface area contributed by atoms with Crippen LogP contribution in [0.4, 0.5) is 5.69 Å². The van der Waals surface area contributed by atoms with Crippen LogP contribution < -0.4 is 10.1 Å². The summed E-state index contributed by atoms with van der Waals surface area (Å²) in [5.41, 5.74) is -0.106. The van der Waals surface area contributed by atoms with Crippen LogP contribution in [0.15, 0.2) is 24.2 Å². The predicted molar refractivity (Wildman–Crippen MR) is 47.3 cm³/mol. The minimum absolute atomic E-state index is 0.106. The van der Waals surface area contributed by atoms with E-state index in [0.29, 0.717) is 0 Å². The van der Waals surface area contributed by atoms with E-state index in [1.807, 2.05) is 0 Å². The molecule has 1 amide bonds. The number of nitrogens with one attached hydrogen (secondary N) is 1. The van der Waals surface area contributed by atoms with E-state index in [4.69, 9.17) is 10.2 Å². The molecule has 64 valence electrons. The predicted octanol–water partition coefficient (Wildman–Crippen LogP) is 1.65. The van der Waals surface area contributed by atoms with Crippen LogP contribution in [0.1, 0.15) is 12.4 Å². The third kappa shape index (κ3) is 2.27. The highest BCUT2D eigenvalue weighted by Crippen LogP contribution is 2.16. The van der Waals surface area contributed by atoms with E-state index in [1.165, 1.54) is 14.0 Å². The lowest BCUT2D eigenvalue weighted by molar-refractivity contribution is -0.114. The molecule has 0 radical (unpaired) electrons. The van der Waals surface area contributed by atoms with Crippen LogP contribution in [0.5, 0.6) is 5.75 Å². The molecule has 0 aliphatic heterocycles. The molecule has 0 bridgehead atoms. The second kappa shape index (κ2) is 3.76. The quantitative estimate of drug-likeness (QED) is 0.731. The number of carbonyl (C=O) groups is 1. The summed E-state index contributed by atoms with van der Waals surface area (Å²) in [7, 11) is 1.27. The van der Waals surface area contributed by atoms with Crippen LogP contribution in [0.2, 0.25) is 0 Å². The largest absolute Gasteiger partial charge is 0.497 e. The number of hydrogen-bond donors (Lipinski definition) is 1. The van der Waals surface area contributed by atoms with Gasteiger partial charge in [0.2, 0.25) is 5.91 Å². The maximum atomic E-state index is 10.9. The summed E-state index contributed by atoms with van der Waals surface area (Å²) in [4.78, 5) is 10.9. The highest BCUT2D eigenvalue weighted by molar-refractivity contribution is 5.88. The molecule has 0 aliphatic carbocycles. The van der Waals surface area contributed by atoms with Crippen molar-refractivity contribution in [3.05, 3.63) is 24.2 Å². The SMILES string of the molecule is [2H]c1c([2H])c(NC(C)=O)c([2H])c(OC)c1[2H]. The normalized spacial score (nSPS) is 13.8. The lowest BCUT2D eigenvalue weighted by Crippen LogP contribution is -2.05. The summed E-state index contributed by atoms with van der Waals surface area (Å²) >= 11 is 0. The number of methoxy groups -OCH3 is 1. The summed E-state index contributed by atoms with van der Waals surface area (Å²) in [5, 5.41) is 2.29. The first-order valence-corrected chi connectivity index (χ1v) is 3.32. The fraction of sp³-hybridized carbons (Fsp3) is 0.222. The Balaban J connectivity index is 3.48. The van der Waals surface area contributed by atoms with Crippen molar-refractivity contribution in [3.63, 3.8) is 0 Å². The number of hydrogen-bond acceptors (Lipinski definition) is 2. The fourth-order valence-electron chi connectivity index (χ4n) is 0.667. The van der Waals surface area contributed by atoms with Crippen LogP contribution in [0.25, 0.3) is 0 Å². The zero-order valence-electron chi connectivity index (χ0n) is 10.8. The first-order valence-electron chi connectivity index (χ1n) is 5.32. The standard InChI is InChI=1S/C9H11NO2/c1-7(11)10-8-4-3-5-9(6-8)12-2/h3-6H,1-2H3,(H,10,11)/i3D,4D,5D,6D. The molecule has 1 aromatic carbocycles. The smallest absolute Gasteiger partial charge is 0.221 e. The van der Waals surface area contributed by atoms with Gasteiger partial charge in [0, 0.05) is 18.7 Å². The first-order chi connectivity index (χ1) is 7.40. The van der Waals surface area contributed by atoms with Crippen molar-refractivity contribution in [1.29, 1.82) is 0 Å². The third-order valence-corrected chi connectivity index (χ3v) is 1.11. The Morgan fingerprint density at radius 3 is 3.00 bits per heavy atom. The molecular weight excluding hydrogens is 154 g/mol. The molecule has 0 atom stereocenters. The van der Waals surface area contributed by atoms with Crippen molar-refractivity contribution in [2.45, 2.75) is 6.92 Å².